The van der Waals surface area contributed by atoms with Crippen LogP contribution in [0.3, 0.4) is 0 Å². The van der Waals surface area contributed by atoms with Gasteiger partial charge < -0.3 is 9.84 Å². The van der Waals surface area contributed by atoms with Gasteiger partial charge in [0.25, 0.3) is 0 Å². The monoisotopic (exact) mass is 180 g/mol. The first kappa shape index (κ1) is 10.1. The fraction of sp³-hybridized carbons (Fsp3) is 0.455. The van der Waals surface area contributed by atoms with E-state index in [0.29, 0.717) is 6.61 Å². The number of para-hydroxylation sites is 1. The van der Waals surface area contributed by atoms with Crippen molar-refractivity contribution in [3.8, 4) is 5.75 Å². The topological polar surface area (TPSA) is 29.5 Å². The van der Waals surface area contributed by atoms with E-state index in [1.807, 2.05) is 24.3 Å². The van der Waals surface area contributed by atoms with E-state index in [2.05, 4.69) is 6.92 Å². The van der Waals surface area contributed by atoms with Gasteiger partial charge in [0.1, 0.15) is 12.4 Å². The fourth-order valence-electron chi connectivity index (χ4n) is 1.15. The highest BCUT2D eigenvalue weighted by Crippen LogP contribution is 2.18. The van der Waals surface area contributed by atoms with Crippen LogP contribution < -0.4 is 4.74 Å². The SMILES string of the molecule is CCc1ccccc1OC[C@@H](C)O. The maximum atomic E-state index is 9.05. The number of aliphatic hydroxyl groups excluding tert-OH is 1. The van der Waals surface area contributed by atoms with Crippen molar-refractivity contribution in [2.75, 3.05) is 6.61 Å². The van der Waals surface area contributed by atoms with E-state index in [1.165, 1.54) is 5.56 Å². The Hall–Kier alpha value is -1.02. The second-order valence-corrected chi connectivity index (χ2v) is 3.12. The van der Waals surface area contributed by atoms with Crippen LogP contribution >= 0.6 is 0 Å². The first-order chi connectivity index (χ1) is 6.24. The molecule has 1 N–H and O–H groups in total. The zero-order chi connectivity index (χ0) is 9.68. The van der Waals surface area contributed by atoms with Crippen molar-refractivity contribution >= 4 is 0 Å². The van der Waals surface area contributed by atoms with Crippen LogP contribution in [0.25, 0.3) is 0 Å². The number of rotatable bonds is 4. The summed E-state index contributed by atoms with van der Waals surface area (Å²) in [6, 6.07) is 7.91. The number of ether oxygens (including phenoxy) is 1. The van der Waals surface area contributed by atoms with Crippen molar-refractivity contribution in [3.05, 3.63) is 29.8 Å². The Morgan fingerprint density at radius 3 is 2.69 bits per heavy atom. The molecule has 2 nitrogen and oxygen atoms in total. The van der Waals surface area contributed by atoms with Crippen molar-refractivity contribution in [1.29, 1.82) is 0 Å². The molecule has 13 heavy (non-hydrogen) atoms. The van der Waals surface area contributed by atoms with Crippen LogP contribution in [0, 0.1) is 0 Å². The maximum absolute atomic E-state index is 9.05. The highest BCUT2D eigenvalue weighted by Gasteiger charge is 2.01. The molecule has 0 saturated heterocycles. The van der Waals surface area contributed by atoms with Crippen LogP contribution in [-0.2, 0) is 6.42 Å². The number of aliphatic hydroxyl groups is 1. The van der Waals surface area contributed by atoms with Crippen LogP contribution in [0.5, 0.6) is 5.75 Å². The summed E-state index contributed by atoms with van der Waals surface area (Å²) in [7, 11) is 0. The van der Waals surface area contributed by atoms with Crippen LogP contribution in [0.2, 0.25) is 0 Å². The molecule has 0 radical (unpaired) electrons. The highest BCUT2D eigenvalue weighted by atomic mass is 16.5. The number of aryl methyl sites for hydroxylation is 1. The average Bonchev–Trinajstić information content (AvgIpc) is 2.15. The predicted molar refractivity (Wildman–Crippen MR) is 53.0 cm³/mol. The van der Waals surface area contributed by atoms with Gasteiger partial charge in [0, 0.05) is 0 Å². The zero-order valence-electron chi connectivity index (χ0n) is 8.16. The Morgan fingerprint density at radius 1 is 1.38 bits per heavy atom. The Morgan fingerprint density at radius 2 is 2.08 bits per heavy atom. The first-order valence-electron chi connectivity index (χ1n) is 4.62. The van der Waals surface area contributed by atoms with E-state index in [1.54, 1.807) is 6.92 Å². The molecule has 72 valence electrons. The van der Waals surface area contributed by atoms with Gasteiger partial charge in [-0.05, 0) is 25.0 Å². The molecule has 0 saturated carbocycles. The van der Waals surface area contributed by atoms with Crippen molar-refractivity contribution in [2.24, 2.45) is 0 Å². The molecule has 0 aliphatic rings. The molecule has 0 bridgehead atoms. The average molecular weight is 180 g/mol. The largest absolute Gasteiger partial charge is 0.491 e. The number of hydrogen-bond acceptors (Lipinski definition) is 2. The van der Waals surface area contributed by atoms with Crippen molar-refractivity contribution in [2.45, 2.75) is 26.4 Å². The third kappa shape index (κ3) is 3.07. The molecular weight excluding hydrogens is 164 g/mol. The number of hydrogen-bond donors (Lipinski definition) is 1. The maximum Gasteiger partial charge on any atom is 0.122 e. The summed E-state index contributed by atoms with van der Waals surface area (Å²) in [6.45, 7) is 4.16. The molecule has 0 unspecified atom stereocenters. The number of benzene rings is 1. The van der Waals surface area contributed by atoms with Crippen molar-refractivity contribution in [3.63, 3.8) is 0 Å². The summed E-state index contributed by atoms with van der Waals surface area (Å²) in [5.41, 5.74) is 1.18. The van der Waals surface area contributed by atoms with Gasteiger partial charge in [0.05, 0.1) is 6.10 Å². The highest BCUT2D eigenvalue weighted by molar-refractivity contribution is 5.33. The first-order valence-corrected chi connectivity index (χ1v) is 4.62. The smallest absolute Gasteiger partial charge is 0.122 e. The molecular formula is C11H16O2. The normalized spacial score (nSPS) is 12.5. The second kappa shape index (κ2) is 4.87. The molecule has 0 heterocycles. The van der Waals surface area contributed by atoms with E-state index in [9.17, 15) is 0 Å². The molecule has 0 spiro atoms. The third-order valence-electron chi connectivity index (χ3n) is 1.83. The van der Waals surface area contributed by atoms with Gasteiger partial charge in [-0.3, -0.25) is 0 Å². The predicted octanol–water partition coefficient (Wildman–Crippen LogP) is 2.01. The summed E-state index contributed by atoms with van der Waals surface area (Å²) >= 11 is 0. The summed E-state index contributed by atoms with van der Waals surface area (Å²) in [4.78, 5) is 0. The van der Waals surface area contributed by atoms with Crippen LogP contribution in [0.1, 0.15) is 19.4 Å². The Bertz CT molecular complexity index is 256. The summed E-state index contributed by atoms with van der Waals surface area (Å²) in [6.07, 6.45) is 0.542. The fourth-order valence-corrected chi connectivity index (χ4v) is 1.15. The van der Waals surface area contributed by atoms with Crippen LogP contribution in [0.15, 0.2) is 24.3 Å². The lowest BCUT2D eigenvalue weighted by atomic mass is 10.1. The third-order valence-corrected chi connectivity index (χ3v) is 1.83. The molecule has 0 fully saturated rings. The quantitative estimate of drug-likeness (QED) is 0.768. The Labute approximate surface area is 79.2 Å². The zero-order valence-corrected chi connectivity index (χ0v) is 8.16. The van der Waals surface area contributed by atoms with Gasteiger partial charge in [-0.25, -0.2) is 0 Å². The van der Waals surface area contributed by atoms with E-state index in [4.69, 9.17) is 9.84 Å². The van der Waals surface area contributed by atoms with E-state index in [0.717, 1.165) is 12.2 Å². The standard InChI is InChI=1S/C11H16O2/c1-3-10-6-4-5-7-11(10)13-8-9(2)12/h4-7,9,12H,3,8H2,1-2H3/t9-/m1/s1. The Kier molecular flexibility index (Phi) is 3.77. The van der Waals surface area contributed by atoms with Gasteiger partial charge in [-0.1, -0.05) is 25.1 Å². The minimum atomic E-state index is -0.412. The molecule has 0 aliphatic carbocycles. The molecule has 1 rings (SSSR count). The van der Waals surface area contributed by atoms with Gasteiger partial charge in [0.2, 0.25) is 0 Å². The van der Waals surface area contributed by atoms with Gasteiger partial charge >= 0.3 is 0 Å². The minimum Gasteiger partial charge on any atom is -0.491 e. The molecule has 1 aromatic rings. The van der Waals surface area contributed by atoms with Crippen molar-refractivity contribution in [1.82, 2.24) is 0 Å². The molecule has 0 amide bonds. The summed E-state index contributed by atoms with van der Waals surface area (Å²) in [5.74, 6) is 0.880. The lowest BCUT2D eigenvalue weighted by Crippen LogP contribution is -2.13. The van der Waals surface area contributed by atoms with Gasteiger partial charge in [0.15, 0.2) is 0 Å². The molecule has 2 heteroatoms. The van der Waals surface area contributed by atoms with Gasteiger partial charge in [-0.15, -0.1) is 0 Å². The summed E-state index contributed by atoms with van der Waals surface area (Å²) in [5, 5.41) is 9.05. The second-order valence-electron chi connectivity index (χ2n) is 3.12. The lowest BCUT2D eigenvalue weighted by Gasteiger charge is -2.11. The van der Waals surface area contributed by atoms with E-state index >= 15 is 0 Å². The van der Waals surface area contributed by atoms with E-state index < -0.39 is 6.10 Å². The molecule has 1 aromatic carbocycles. The Balaban J connectivity index is 2.64. The van der Waals surface area contributed by atoms with Crippen LogP contribution in [0.4, 0.5) is 0 Å². The molecule has 0 aliphatic heterocycles. The van der Waals surface area contributed by atoms with E-state index in [-0.39, 0.29) is 0 Å². The van der Waals surface area contributed by atoms with Gasteiger partial charge in [-0.2, -0.15) is 0 Å². The van der Waals surface area contributed by atoms with Crippen LogP contribution in [-0.4, -0.2) is 17.8 Å². The lowest BCUT2D eigenvalue weighted by molar-refractivity contribution is 0.122. The minimum absolute atomic E-state index is 0.358. The summed E-state index contributed by atoms with van der Waals surface area (Å²) < 4.78 is 5.44. The molecule has 0 aromatic heterocycles. The van der Waals surface area contributed by atoms with Crippen molar-refractivity contribution < 1.29 is 9.84 Å². The molecule has 1 atom stereocenters.